The predicted octanol–water partition coefficient (Wildman–Crippen LogP) is 1.76. The monoisotopic (exact) mass is 432 g/mol. The Balaban J connectivity index is 1.12. The van der Waals surface area contributed by atoms with Crippen molar-refractivity contribution >= 4 is 28.5 Å². The van der Waals surface area contributed by atoms with Gasteiger partial charge in [-0.15, -0.1) is 5.10 Å². The molecule has 9 nitrogen and oxygen atoms in total. The van der Waals surface area contributed by atoms with Gasteiger partial charge in [-0.3, -0.25) is 9.59 Å². The average molecular weight is 432 g/mol. The minimum atomic E-state index is -0.600. The molecule has 32 heavy (non-hydrogen) atoms. The lowest BCUT2D eigenvalue weighted by molar-refractivity contribution is -0.136. The summed E-state index contributed by atoms with van der Waals surface area (Å²) in [7, 11) is 0. The molecule has 2 amide bonds. The molecule has 0 unspecified atom stereocenters. The molecule has 2 aromatic carbocycles. The van der Waals surface area contributed by atoms with Crippen LogP contribution in [-0.4, -0.2) is 62.7 Å². The molecule has 2 spiro atoms. The second kappa shape index (κ2) is 7.03. The second-order valence-electron chi connectivity index (χ2n) is 8.97. The van der Waals surface area contributed by atoms with Crippen LogP contribution in [0.2, 0.25) is 0 Å². The fraction of sp³-hybridized carbons (Fsp3) is 0.391. The highest BCUT2D eigenvalue weighted by molar-refractivity contribution is 6.02. The standard InChI is InChI=1S/C23H24N6O3/c30-20(13-29-19-8-4-3-7-18(19)26-27-29)28-11-9-22(10-12-28)14-23(15-32-22)24-17-6-2-1-5-16(17)21(31)25-23/h1-8,24H,9-15H2,(H,25,31)/t23-/m0/s1. The Morgan fingerprint density at radius 2 is 1.84 bits per heavy atom. The highest BCUT2D eigenvalue weighted by Gasteiger charge is 2.53. The highest BCUT2D eigenvalue weighted by atomic mass is 16.5. The molecule has 9 heteroatoms. The number of hydrogen-bond acceptors (Lipinski definition) is 6. The van der Waals surface area contributed by atoms with E-state index in [9.17, 15) is 9.59 Å². The molecule has 0 aliphatic carbocycles. The van der Waals surface area contributed by atoms with Crippen LogP contribution in [0.25, 0.3) is 11.0 Å². The van der Waals surface area contributed by atoms with E-state index in [1.807, 2.05) is 53.4 Å². The number of nitrogens with one attached hydrogen (secondary N) is 2. The zero-order valence-electron chi connectivity index (χ0n) is 17.6. The van der Waals surface area contributed by atoms with E-state index >= 15 is 0 Å². The maximum Gasteiger partial charge on any atom is 0.255 e. The molecule has 1 aromatic heterocycles. The molecule has 164 valence electrons. The number of para-hydroxylation sites is 2. The van der Waals surface area contributed by atoms with Gasteiger partial charge in [0.25, 0.3) is 5.91 Å². The molecular weight excluding hydrogens is 408 g/mol. The second-order valence-corrected chi connectivity index (χ2v) is 8.97. The third kappa shape index (κ3) is 3.12. The first-order valence-corrected chi connectivity index (χ1v) is 10.9. The molecule has 1 atom stereocenters. The maximum absolute atomic E-state index is 12.9. The number of carbonyl (C=O) groups is 2. The molecule has 2 fully saturated rings. The van der Waals surface area contributed by atoms with Gasteiger partial charge in [0.1, 0.15) is 17.7 Å². The number of anilines is 1. The van der Waals surface area contributed by atoms with Crippen molar-refractivity contribution < 1.29 is 14.3 Å². The lowest BCUT2D eigenvalue weighted by Gasteiger charge is -2.41. The number of piperidine rings is 1. The topological polar surface area (TPSA) is 101 Å². The van der Waals surface area contributed by atoms with Crippen molar-refractivity contribution in [2.75, 3.05) is 25.0 Å². The average Bonchev–Trinajstić information content (AvgIpc) is 3.36. The summed E-state index contributed by atoms with van der Waals surface area (Å²) in [5.74, 6) is -0.0473. The molecule has 2 saturated heterocycles. The third-order valence-corrected chi connectivity index (χ3v) is 6.88. The molecule has 4 heterocycles. The predicted molar refractivity (Wildman–Crippen MR) is 117 cm³/mol. The number of amides is 2. The number of likely N-dealkylation sites (tertiary alicyclic amines) is 1. The lowest BCUT2D eigenvalue weighted by atomic mass is 9.84. The smallest absolute Gasteiger partial charge is 0.255 e. The number of fused-ring (bicyclic) bond motifs is 2. The summed E-state index contributed by atoms with van der Waals surface area (Å²) in [6.45, 7) is 1.82. The largest absolute Gasteiger partial charge is 0.370 e. The van der Waals surface area contributed by atoms with E-state index in [2.05, 4.69) is 20.9 Å². The van der Waals surface area contributed by atoms with E-state index in [1.54, 1.807) is 4.68 Å². The first-order valence-electron chi connectivity index (χ1n) is 10.9. The Hall–Kier alpha value is -3.46. The SMILES string of the molecule is O=C1N[C@@]2(COC3(CCN(C(=O)Cn4nnc5ccccc54)CC3)C2)Nc2ccccc21. The van der Waals surface area contributed by atoms with Gasteiger partial charge in [-0.1, -0.05) is 29.5 Å². The van der Waals surface area contributed by atoms with Gasteiger partial charge in [-0.05, 0) is 37.1 Å². The van der Waals surface area contributed by atoms with Crippen molar-refractivity contribution in [3.8, 4) is 0 Å². The van der Waals surface area contributed by atoms with Gasteiger partial charge in [0.2, 0.25) is 5.91 Å². The third-order valence-electron chi connectivity index (χ3n) is 6.88. The van der Waals surface area contributed by atoms with Crippen molar-refractivity contribution in [1.29, 1.82) is 0 Å². The number of aromatic nitrogens is 3. The molecule has 0 bridgehead atoms. The first kappa shape index (κ1) is 19.2. The molecule has 6 rings (SSSR count). The van der Waals surface area contributed by atoms with Crippen molar-refractivity contribution in [2.24, 2.45) is 0 Å². The normalized spacial score (nSPS) is 23.9. The van der Waals surface area contributed by atoms with Gasteiger partial charge in [-0.2, -0.15) is 0 Å². The first-order chi connectivity index (χ1) is 15.5. The minimum absolute atomic E-state index is 0.0289. The Bertz CT molecular complexity index is 1220. The summed E-state index contributed by atoms with van der Waals surface area (Å²) < 4.78 is 7.94. The molecule has 3 aliphatic heterocycles. The van der Waals surface area contributed by atoms with Gasteiger partial charge in [0, 0.05) is 25.2 Å². The summed E-state index contributed by atoms with van der Waals surface area (Å²) in [6, 6.07) is 15.2. The van der Waals surface area contributed by atoms with Crippen LogP contribution < -0.4 is 10.6 Å². The van der Waals surface area contributed by atoms with Gasteiger partial charge in [0.05, 0.1) is 23.3 Å². The Labute approximate surface area is 184 Å². The van der Waals surface area contributed by atoms with Gasteiger partial charge >= 0.3 is 0 Å². The fourth-order valence-corrected chi connectivity index (χ4v) is 5.20. The van der Waals surface area contributed by atoms with Crippen LogP contribution in [0.5, 0.6) is 0 Å². The van der Waals surface area contributed by atoms with Gasteiger partial charge in [0.15, 0.2) is 0 Å². The van der Waals surface area contributed by atoms with Crippen LogP contribution in [0.15, 0.2) is 48.5 Å². The molecule has 3 aromatic rings. The van der Waals surface area contributed by atoms with Crippen molar-refractivity contribution in [3.05, 3.63) is 54.1 Å². The maximum atomic E-state index is 12.9. The van der Waals surface area contributed by atoms with Crippen molar-refractivity contribution in [2.45, 2.75) is 37.1 Å². The van der Waals surface area contributed by atoms with Crippen molar-refractivity contribution in [3.63, 3.8) is 0 Å². The quantitative estimate of drug-likeness (QED) is 0.640. The zero-order valence-corrected chi connectivity index (χ0v) is 17.6. The van der Waals surface area contributed by atoms with E-state index in [0.717, 1.165) is 29.6 Å². The van der Waals surface area contributed by atoms with E-state index < -0.39 is 5.66 Å². The zero-order chi connectivity index (χ0) is 21.8. The molecule has 0 saturated carbocycles. The van der Waals surface area contributed by atoms with Gasteiger partial charge < -0.3 is 20.3 Å². The Morgan fingerprint density at radius 3 is 2.72 bits per heavy atom. The number of rotatable bonds is 2. The van der Waals surface area contributed by atoms with E-state index in [4.69, 9.17) is 4.74 Å². The molecule has 2 N–H and O–H groups in total. The van der Waals surface area contributed by atoms with Crippen LogP contribution in [-0.2, 0) is 16.1 Å². The number of ether oxygens (including phenoxy) is 1. The summed E-state index contributed by atoms with van der Waals surface area (Å²) in [4.78, 5) is 27.4. The number of carbonyl (C=O) groups excluding carboxylic acids is 2. The van der Waals surface area contributed by atoms with Gasteiger partial charge in [-0.25, -0.2) is 4.68 Å². The van der Waals surface area contributed by atoms with Crippen LogP contribution >= 0.6 is 0 Å². The van der Waals surface area contributed by atoms with Crippen LogP contribution in [0.1, 0.15) is 29.6 Å². The number of hydrogen-bond donors (Lipinski definition) is 2. The Kier molecular flexibility index (Phi) is 4.23. The van der Waals surface area contributed by atoms with E-state index in [0.29, 0.717) is 31.7 Å². The fourth-order valence-electron chi connectivity index (χ4n) is 5.20. The number of benzene rings is 2. The molecule has 0 radical (unpaired) electrons. The van der Waals surface area contributed by atoms with Crippen molar-refractivity contribution in [1.82, 2.24) is 25.2 Å². The molecule has 3 aliphatic rings. The lowest BCUT2D eigenvalue weighted by Crippen LogP contribution is -2.59. The van der Waals surface area contributed by atoms with Crippen LogP contribution in [0.3, 0.4) is 0 Å². The Morgan fingerprint density at radius 1 is 1.06 bits per heavy atom. The summed E-state index contributed by atoms with van der Waals surface area (Å²) >= 11 is 0. The van der Waals surface area contributed by atoms with E-state index in [-0.39, 0.29) is 24.0 Å². The number of nitrogens with zero attached hydrogens (tertiary/aromatic N) is 4. The van der Waals surface area contributed by atoms with E-state index in [1.165, 1.54) is 0 Å². The highest BCUT2D eigenvalue weighted by Crippen LogP contribution is 2.42. The summed E-state index contributed by atoms with van der Waals surface area (Å²) in [5.41, 5.74) is 2.19. The van der Waals surface area contributed by atoms with Crippen LogP contribution in [0, 0.1) is 0 Å². The van der Waals surface area contributed by atoms with Crippen LogP contribution in [0.4, 0.5) is 5.69 Å². The summed E-state index contributed by atoms with van der Waals surface area (Å²) in [5, 5.41) is 14.9. The summed E-state index contributed by atoms with van der Waals surface area (Å²) in [6.07, 6.45) is 2.14. The molecular formula is C23H24N6O3. The minimum Gasteiger partial charge on any atom is -0.370 e.